The summed E-state index contributed by atoms with van der Waals surface area (Å²) in [6.45, 7) is -1.94. The van der Waals surface area contributed by atoms with Gasteiger partial charge in [-0.15, -0.1) is 0 Å². The first-order valence-corrected chi connectivity index (χ1v) is 12.1. The fraction of sp³-hybridized carbons (Fsp3) is 0.714. The van der Waals surface area contributed by atoms with Crippen molar-refractivity contribution in [2.24, 2.45) is 0 Å². The molecule has 0 aliphatic carbocycles. The molecular formula is C14H31N5O14P2. The molecule has 2 rings (SSSR count). The smallest absolute Gasteiger partial charge is 0.393 e. The van der Waals surface area contributed by atoms with Gasteiger partial charge in [0.1, 0.15) is 35.8 Å². The number of aromatic nitrogens is 2. The lowest BCUT2D eigenvalue weighted by molar-refractivity contribution is -0.107. The standard InChI is InChI=1S/C14H25N3O14P2.2H3N/c1-14(23,6-18)8(19)5-29-33(26,27)31-32(24,25)28-4-7-10(20)11(21)12(30-7)17-3-2-9(15)16-13(17)22;;/h2-3,7-8,10-12,18-21,23H,4-6H2,1H3,(H,24,25)(H,26,27)(H2,15,16,22);2*1H3/t7-,8-,10-,11-,12-,14+;;/m1../s1. The van der Waals surface area contributed by atoms with Crippen molar-refractivity contribution in [2.75, 3.05) is 25.6 Å². The number of nitrogen functional groups attached to an aromatic ring is 1. The zero-order chi connectivity index (χ0) is 25.2. The van der Waals surface area contributed by atoms with Crippen molar-refractivity contribution in [3.63, 3.8) is 0 Å². The van der Waals surface area contributed by atoms with Crippen molar-refractivity contribution in [1.29, 1.82) is 0 Å². The van der Waals surface area contributed by atoms with E-state index in [2.05, 4.69) is 18.3 Å². The first-order chi connectivity index (χ1) is 15.1. The fourth-order valence-electron chi connectivity index (χ4n) is 2.51. The van der Waals surface area contributed by atoms with E-state index in [1.54, 1.807) is 0 Å². The molecule has 2 heterocycles. The summed E-state index contributed by atoms with van der Waals surface area (Å²) >= 11 is 0. The number of hydrogen-bond acceptors (Lipinski definition) is 16. The zero-order valence-electron chi connectivity index (χ0n) is 18.4. The van der Waals surface area contributed by atoms with Crippen LogP contribution in [-0.2, 0) is 27.2 Å². The normalized spacial score (nSPS) is 28.0. The van der Waals surface area contributed by atoms with E-state index in [9.17, 15) is 44.1 Å². The number of anilines is 1. The third kappa shape index (κ3) is 8.90. The Morgan fingerprint density at radius 2 is 1.80 bits per heavy atom. The van der Waals surface area contributed by atoms with Crippen molar-refractivity contribution in [1.82, 2.24) is 21.9 Å². The zero-order valence-corrected chi connectivity index (χ0v) is 20.2. The van der Waals surface area contributed by atoms with Crippen molar-refractivity contribution >= 4 is 21.5 Å². The molecule has 206 valence electrons. The van der Waals surface area contributed by atoms with Gasteiger partial charge in [0.25, 0.3) is 0 Å². The van der Waals surface area contributed by atoms with Crippen LogP contribution < -0.4 is 23.7 Å². The molecule has 2 unspecified atom stereocenters. The summed E-state index contributed by atoms with van der Waals surface area (Å²) in [5.41, 5.74) is 2.35. The Morgan fingerprint density at radius 1 is 1.23 bits per heavy atom. The minimum atomic E-state index is -5.33. The summed E-state index contributed by atoms with van der Waals surface area (Å²) in [6, 6.07) is 1.22. The quantitative estimate of drug-likeness (QED) is 0.122. The summed E-state index contributed by atoms with van der Waals surface area (Å²) in [7, 11) is -10.6. The Morgan fingerprint density at radius 3 is 2.34 bits per heavy atom. The molecule has 0 aromatic carbocycles. The van der Waals surface area contributed by atoms with Gasteiger partial charge in [-0.3, -0.25) is 13.6 Å². The first kappa shape index (κ1) is 33.6. The van der Waals surface area contributed by atoms with Gasteiger partial charge in [0.2, 0.25) is 0 Å². The highest BCUT2D eigenvalue weighted by Gasteiger charge is 2.46. The number of phosphoric ester groups is 2. The Kier molecular flexibility index (Phi) is 12.2. The van der Waals surface area contributed by atoms with Crippen LogP contribution in [0.2, 0.25) is 0 Å². The molecule has 0 bridgehead atoms. The molecule has 0 radical (unpaired) electrons. The van der Waals surface area contributed by atoms with Gasteiger partial charge in [-0.1, -0.05) is 0 Å². The predicted octanol–water partition coefficient (Wildman–Crippen LogP) is -2.88. The van der Waals surface area contributed by atoms with E-state index in [1.165, 1.54) is 6.07 Å². The van der Waals surface area contributed by atoms with Gasteiger partial charge in [0.15, 0.2) is 6.23 Å². The van der Waals surface area contributed by atoms with E-state index in [0.717, 1.165) is 17.7 Å². The molecule has 21 heteroatoms. The largest absolute Gasteiger partial charge is 0.481 e. The van der Waals surface area contributed by atoms with Gasteiger partial charge in [-0.25, -0.2) is 13.9 Å². The predicted molar refractivity (Wildman–Crippen MR) is 115 cm³/mol. The van der Waals surface area contributed by atoms with Gasteiger partial charge in [-0.2, -0.15) is 9.29 Å². The summed E-state index contributed by atoms with van der Waals surface area (Å²) in [5, 5.41) is 48.3. The molecule has 1 aliphatic rings. The number of nitrogens with two attached hydrogens (primary N) is 1. The van der Waals surface area contributed by atoms with Crippen molar-refractivity contribution < 1.29 is 62.5 Å². The van der Waals surface area contributed by atoms with Crippen LogP contribution in [0.25, 0.3) is 0 Å². The third-order valence-electron chi connectivity index (χ3n) is 4.50. The van der Waals surface area contributed by atoms with E-state index in [-0.39, 0.29) is 18.1 Å². The lowest BCUT2D eigenvalue weighted by Gasteiger charge is -2.27. The summed E-state index contributed by atoms with van der Waals surface area (Å²) in [5.74, 6) is -0.106. The third-order valence-corrected chi connectivity index (χ3v) is 7.11. The molecule has 1 aromatic rings. The number of aliphatic hydroxyl groups excluding tert-OH is 4. The second-order valence-electron chi connectivity index (χ2n) is 7.23. The summed E-state index contributed by atoms with van der Waals surface area (Å²) < 4.78 is 42.7. The van der Waals surface area contributed by atoms with E-state index in [0.29, 0.717) is 0 Å². The Hall–Kier alpha value is -1.38. The highest BCUT2D eigenvalue weighted by atomic mass is 31.3. The van der Waals surface area contributed by atoms with E-state index in [1.807, 2.05) is 0 Å². The van der Waals surface area contributed by atoms with E-state index >= 15 is 0 Å². The topological polar surface area (TPSA) is 344 Å². The molecule has 0 saturated carbocycles. The van der Waals surface area contributed by atoms with E-state index in [4.69, 9.17) is 15.6 Å². The number of ether oxygens (including phenoxy) is 1. The van der Waals surface area contributed by atoms with Crippen molar-refractivity contribution in [3.05, 3.63) is 22.7 Å². The molecule has 35 heavy (non-hydrogen) atoms. The minimum Gasteiger partial charge on any atom is -0.393 e. The monoisotopic (exact) mass is 555 g/mol. The first-order valence-electron chi connectivity index (χ1n) is 9.12. The Labute approximate surface area is 198 Å². The van der Waals surface area contributed by atoms with E-state index < -0.39 is 77.4 Å². The molecule has 1 aliphatic heterocycles. The van der Waals surface area contributed by atoms with Crippen molar-refractivity contribution in [3.8, 4) is 0 Å². The summed E-state index contributed by atoms with van der Waals surface area (Å²) in [4.78, 5) is 34.5. The number of hydrogen-bond donors (Lipinski definition) is 10. The van der Waals surface area contributed by atoms with Gasteiger partial charge in [0.05, 0.1) is 19.8 Å². The molecule has 1 saturated heterocycles. The van der Waals surface area contributed by atoms with Crippen LogP contribution in [0.4, 0.5) is 5.82 Å². The maximum Gasteiger partial charge on any atom is 0.481 e. The number of rotatable bonds is 11. The van der Waals surface area contributed by atoms with Crippen molar-refractivity contribution in [2.45, 2.75) is 43.2 Å². The molecule has 8 atom stereocenters. The highest BCUT2D eigenvalue weighted by Crippen LogP contribution is 2.60. The highest BCUT2D eigenvalue weighted by molar-refractivity contribution is 7.61. The average Bonchev–Trinajstić information content (AvgIpc) is 2.98. The van der Waals surface area contributed by atoms with Gasteiger partial charge in [-0.05, 0) is 13.0 Å². The second kappa shape index (κ2) is 12.7. The fourth-order valence-corrected chi connectivity index (χ4v) is 4.60. The summed E-state index contributed by atoms with van der Waals surface area (Å²) in [6.07, 6.45) is -7.07. The van der Waals surface area contributed by atoms with Crippen LogP contribution in [-0.4, -0.2) is 94.7 Å². The molecular weight excluding hydrogens is 524 g/mol. The van der Waals surface area contributed by atoms with Crippen LogP contribution in [0, 0.1) is 0 Å². The minimum absolute atomic E-state index is 0. The molecule has 1 aromatic heterocycles. The van der Waals surface area contributed by atoms with Crippen LogP contribution in [0.1, 0.15) is 13.2 Å². The molecule has 15 N–H and O–H groups in total. The number of nitrogens with zero attached hydrogens (tertiary/aromatic N) is 2. The Bertz CT molecular complexity index is 979. The van der Waals surface area contributed by atoms with Crippen LogP contribution >= 0.6 is 15.6 Å². The second-order valence-corrected chi connectivity index (χ2v) is 10.3. The molecule has 0 amide bonds. The SMILES string of the molecule is C[C@](O)(CO)[C@H](O)COP(=O)(O)OP(=O)(O)OC[C@H]1O[C@@H](n2ccc(N)nc2=O)[C@H](O)[C@@H]1O.N.N. The maximum absolute atomic E-state index is 12.0. The molecule has 19 nitrogen and oxygen atoms in total. The maximum atomic E-state index is 12.0. The number of aliphatic hydroxyl groups is 5. The van der Waals surface area contributed by atoms with Crippen LogP contribution in [0.15, 0.2) is 17.1 Å². The van der Waals surface area contributed by atoms with Crippen LogP contribution in [0.5, 0.6) is 0 Å². The average molecular weight is 555 g/mol. The lowest BCUT2D eigenvalue weighted by Crippen LogP contribution is -2.45. The number of phosphoric acid groups is 2. The lowest BCUT2D eigenvalue weighted by atomic mass is 10.0. The van der Waals surface area contributed by atoms with Gasteiger partial charge in [0, 0.05) is 6.20 Å². The molecule has 0 spiro atoms. The van der Waals surface area contributed by atoms with Gasteiger partial charge >= 0.3 is 21.3 Å². The molecule has 1 fully saturated rings. The van der Waals surface area contributed by atoms with Gasteiger partial charge < -0.3 is 58.1 Å². The van der Waals surface area contributed by atoms with Crippen LogP contribution in [0.3, 0.4) is 0 Å². The Balaban J connectivity index is 0.00000578.